The maximum Gasteiger partial charge on any atom is 0.164 e. The quantitative estimate of drug-likeness (QED) is 0.715. The van der Waals surface area contributed by atoms with Crippen LogP contribution in [0.25, 0.3) is 0 Å². The van der Waals surface area contributed by atoms with E-state index >= 15 is 0 Å². The molecule has 0 radical (unpaired) electrons. The van der Waals surface area contributed by atoms with Crippen LogP contribution in [0, 0.1) is 6.92 Å². The molecule has 0 aromatic heterocycles. The van der Waals surface area contributed by atoms with E-state index in [1.54, 1.807) is 18.2 Å². The molecule has 0 spiro atoms. The predicted octanol–water partition coefficient (Wildman–Crippen LogP) is 5.12. The van der Waals surface area contributed by atoms with Crippen molar-refractivity contribution in [3.63, 3.8) is 0 Å². The van der Waals surface area contributed by atoms with Gasteiger partial charge >= 0.3 is 0 Å². The number of hydrogen-bond donors (Lipinski definition) is 0. The second-order valence-electron chi connectivity index (χ2n) is 4.47. The molecule has 2 aromatic carbocycles. The molecule has 0 saturated carbocycles. The lowest BCUT2D eigenvalue weighted by Crippen LogP contribution is -2.03. The summed E-state index contributed by atoms with van der Waals surface area (Å²) in [6.45, 7) is 2.05. The van der Waals surface area contributed by atoms with Gasteiger partial charge in [0.2, 0.25) is 0 Å². The lowest BCUT2D eigenvalue weighted by molar-refractivity contribution is 0.0983. The van der Waals surface area contributed by atoms with Crippen molar-refractivity contribution in [2.75, 3.05) is 0 Å². The van der Waals surface area contributed by atoms with Gasteiger partial charge in [0.05, 0.1) is 5.02 Å². The third-order valence-electron chi connectivity index (χ3n) is 3.11. The van der Waals surface area contributed by atoms with E-state index in [9.17, 15) is 4.79 Å². The Kier molecular flexibility index (Phi) is 4.62. The average Bonchev–Trinajstić information content (AvgIpc) is 2.40. The van der Waals surface area contributed by atoms with Gasteiger partial charge in [-0.3, -0.25) is 4.79 Å². The lowest BCUT2D eigenvalue weighted by Gasteiger charge is -2.06. The van der Waals surface area contributed by atoms with Gasteiger partial charge in [-0.05, 0) is 42.7 Å². The van der Waals surface area contributed by atoms with E-state index in [4.69, 9.17) is 23.2 Å². The van der Waals surface area contributed by atoms with Gasteiger partial charge in [0.1, 0.15) is 0 Å². The molecule has 2 rings (SSSR count). The van der Waals surface area contributed by atoms with Crippen molar-refractivity contribution in [3.8, 4) is 0 Å². The highest BCUT2D eigenvalue weighted by molar-refractivity contribution is 6.35. The molecule has 2 aromatic rings. The van der Waals surface area contributed by atoms with Crippen molar-refractivity contribution in [2.24, 2.45) is 0 Å². The van der Waals surface area contributed by atoms with E-state index in [0.29, 0.717) is 28.5 Å². The van der Waals surface area contributed by atoms with Gasteiger partial charge < -0.3 is 0 Å². The van der Waals surface area contributed by atoms with Crippen molar-refractivity contribution in [2.45, 2.75) is 19.8 Å². The number of Topliss-reactive ketones (excluding diaryl/α,β-unsaturated/α-hetero) is 1. The summed E-state index contributed by atoms with van der Waals surface area (Å²) in [7, 11) is 0. The fraction of sp³-hybridized carbons (Fsp3) is 0.188. The summed E-state index contributed by atoms with van der Waals surface area (Å²) < 4.78 is 0. The number of hydrogen-bond acceptors (Lipinski definition) is 1. The largest absolute Gasteiger partial charge is 0.294 e. The molecule has 0 aliphatic rings. The van der Waals surface area contributed by atoms with Crippen LogP contribution in [0.4, 0.5) is 0 Å². The van der Waals surface area contributed by atoms with E-state index in [-0.39, 0.29) is 5.78 Å². The van der Waals surface area contributed by atoms with Crippen LogP contribution >= 0.6 is 23.2 Å². The minimum atomic E-state index is 0.0238. The fourth-order valence-corrected chi connectivity index (χ4v) is 2.38. The van der Waals surface area contributed by atoms with E-state index in [1.807, 2.05) is 31.2 Å². The molecule has 0 heterocycles. The predicted molar refractivity (Wildman–Crippen MR) is 80.3 cm³/mol. The monoisotopic (exact) mass is 292 g/mol. The summed E-state index contributed by atoms with van der Waals surface area (Å²) in [5, 5.41) is 0.989. The minimum absolute atomic E-state index is 0.0238. The fourth-order valence-electron chi connectivity index (χ4n) is 1.98. The Morgan fingerprint density at radius 3 is 2.58 bits per heavy atom. The molecule has 1 nitrogen and oxygen atoms in total. The summed E-state index contributed by atoms with van der Waals surface area (Å²) >= 11 is 11.9. The second-order valence-corrected chi connectivity index (χ2v) is 5.32. The molecule has 0 bridgehead atoms. The van der Waals surface area contributed by atoms with Crippen molar-refractivity contribution in [1.29, 1.82) is 0 Å². The first-order valence-electron chi connectivity index (χ1n) is 6.10. The summed E-state index contributed by atoms with van der Waals surface area (Å²) in [6.07, 6.45) is 1.15. The highest BCUT2D eigenvalue weighted by atomic mass is 35.5. The SMILES string of the molecule is Cc1ccccc1CCC(=O)c1cc(Cl)ccc1Cl. The number of ketones is 1. The molecule has 0 N–H and O–H groups in total. The number of rotatable bonds is 4. The molecule has 0 fully saturated rings. The molecule has 19 heavy (non-hydrogen) atoms. The van der Waals surface area contributed by atoms with Crippen molar-refractivity contribution in [1.82, 2.24) is 0 Å². The maximum absolute atomic E-state index is 12.2. The van der Waals surface area contributed by atoms with Gasteiger partial charge in [-0.25, -0.2) is 0 Å². The second kappa shape index (κ2) is 6.23. The molecule has 0 atom stereocenters. The first kappa shape index (κ1) is 14.1. The van der Waals surface area contributed by atoms with Crippen LogP contribution < -0.4 is 0 Å². The van der Waals surface area contributed by atoms with Crippen molar-refractivity contribution >= 4 is 29.0 Å². The summed E-state index contributed by atoms with van der Waals surface area (Å²) in [6, 6.07) is 13.0. The molecule has 98 valence electrons. The van der Waals surface area contributed by atoms with Crippen LogP contribution in [0.3, 0.4) is 0 Å². The van der Waals surface area contributed by atoms with Crippen LogP contribution in [-0.2, 0) is 6.42 Å². The topological polar surface area (TPSA) is 17.1 Å². The Hall–Kier alpha value is -1.31. The summed E-state index contributed by atoms with van der Waals surface area (Å²) in [5.41, 5.74) is 2.89. The number of halogens is 2. The van der Waals surface area contributed by atoms with Crippen LogP contribution in [0.5, 0.6) is 0 Å². The molecule has 0 unspecified atom stereocenters. The maximum atomic E-state index is 12.2. The van der Waals surface area contributed by atoms with Crippen LogP contribution in [-0.4, -0.2) is 5.78 Å². The molecule has 0 aliphatic heterocycles. The zero-order valence-electron chi connectivity index (χ0n) is 10.6. The Labute approximate surface area is 123 Å². The van der Waals surface area contributed by atoms with Gasteiger partial charge in [-0.15, -0.1) is 0 Å². The van der Waals surface area contributed by atoms with Crippen LogP contribution in [0.2, 0.25) is 10.0 Å². The molecule has 0 saturated heterocycles. The van der Waals surface area contributed by atoms with E-state index < -0.39 is 0 Å². The van der Waals surface area contributed by atoms with Crippen LogP contribution in [0.1, 0.15) is 27.9 Å². The Bertz CT molecular complexity index is 605. The van der Waals surface area contributed by atoms with Gasteiger partial charge in [0, 0.05) is 17.0 Å². The van der Waals surface area contributed by atoms with E-state index in [2.05, 4.69) is 0 Å². The number of benzene rings is 2. The third-order valence-corrected chi connectivity index (χ3v) is 3.68. The first-order chi connectivity index (χ1) is 9.08. The zero-order valence-corrected chi connectivity index (χ0v) is 12.1. The Morgan fingerprint density at radius 1 is 1.11 bits per heavy atom. The van der Waals surface area contributed by atoms with E-state index in [1.165, 1.54) is 11.1 Å². The third kappa shape index (κ3) is 3.59. The molecule has 0 amide bonds. The highest BCUT2D eigenvalue weighted by Gasteiger charge is 2.11. The molecule has 3 heteroatoms. The van der Waals surface area contributed by atoms with E-state index in [0.717, 1.165) is 0 Å². The lowest BCUT2D eigenvalue weighted by atomic mass is 10.00. The zero-order chi connectivity index (χ0) is 13.8. The minimum Gasteiger partial charge on any atom is -0.294 e. The van der Waals surface area contributed by atoms with Gasteiger partial charge in [0.15, 0.2) is 5.78 Å². The highest BCUT2D eigenvalue weighted by Crippen LogP contribution is 2.22. The standard InChI is InChI=1S/C16H14Cl2O/c1-11-4-2-3-5-12(11)6-9-16(19)14-10-13(17)7-8-15(14)18/h2-5,7-8,10H,6,9H2,1H3. The smallest absolute Gasteiger partial charge is 0.164 e. The van der Waals surface area contributed by atoms with Crippen LogP contribution in [0.15, 0.2) is 42.5 Å². The molecular weight excluding hydrogens is 279 g/mol. The number of aryl methyl sites for hydroxylation is 2. The summed E-state index contributed by atoms with van der Waals surface area (Å²) in [5.74, 6) is 0.0238. The average molecular weight is 293 g/mol. The van der Waals surface area contributed by atoms with Gasteiger partial charge in [0.25, 0.3) is 0 Å². The Balaban J connectivity index is 2.10. The summed E-state index contributed by atoms with van der Waals surface area (Å²) in [4.78, 5) is 12.2. The van der Waals surface area contributed by atoms with Gasteiger partial charge in [-0.1, -0.05) is 47.5 Å². The Morgan fingerprint density at radius 2 is 1.84 bits per heavy atom. The number of carbonyl (C=O) groups excluding carboxylic acids is 1. The molecular formula is C16H14Cl2O. The normalized spacial score (nSPS) is 10.5. The molecule has 0 aliphatic carbocycles. The first-order valence-corrected chi connectivity index (χ1v) is 6.86. The number of carbonyl (C=O) groups is 1. The van der Waals surface area contributed by atoms with Gasteiger partial charge in [-0.2, -0.15) is 0 Å². The van der Waals surface area contributed by atoms with Crippen molar-refractivity contribution in [3.05, 3.63) is 69.2 Å². The van der Waals surface area contributed by atoms with Crippen molar-refractivity contribution < 1.29 is 4.79 Å².